The number of carbonyl (C=O) groups excluding carboxylic acids is 1. The van der Waals surface area contributed by atoms with Crippen molar-refractivity contribution in [1.29, 1.82) is 0 Å². The van der Waals surface area contributed by atoms with Crippen LogP contribution in [0.1, 0.15) is 45.4 Å². The lowest BCUT2D eigenvalue weighted by molar-refractivity contribution is -0.138. The molecule has 0 bridgehead atoms. The summed E-state index contributed by atoms with van der Waals surface area (Å²) < 4.78 is 0. The summed E-state index contributed by atoms with van der Waals surface area (Å²) in [6.07, 6.45) is 7.27. The molecule has 4 nitrogen and oxygen atoms in total. The first-order valence-corrected chi connectivity index (χ1v) is 9.44. The highest BCUT2D eigenvalue weighted by Gasteiger charge is 2.30. The van der Waals surface area contributed by atoms with Crippen molar-refractivity contribution >= 4 is 18.3 Å². The lowest BCUT2D eigenvalue weighted by Crippen LogP contribution is -2.48. The van der Waals surface area contributed by atoms with Crippen LogP contribution in [0.5, 0.6) is 0 Å². The quantitative estimate of drug-likeness (QED) is 0.854. The molecule has 0 aliphatic carbocycles. The fraction of sp³-hybridized carbons (Fsp3) is 0.944. The SMILES string of the molecule is CC1CCN(CC2CCCN(C(=O)C3CCNCC3)C2)CC1.Cl. The summed E-state index contributed by atoms with van der Waals surface area (Å²) in [5.41, 5.74) is 0. The molecule has 3 rings (SSSR count). The van der Waals surface area contributed by atoms with Crippen LogP contribution in [0, 0.1) is 17.8 Å². The van der Waals surface area contributed by atoms with Crippen molar-refractivity contribution in [2.45, 2.75) is 45.4 Å². The monoisotopic (exact) mass is 343 g/mol. The highest BCUT2D eigenvalue weighted by Crippen LogP contribution is 2.24. The maximum absolute atomic E-state index is 12.7. The van der Waals surface area contributed by atoms with Crippen molar-refractivity contribution in [3.8, 4) is 0 Å². The molecule has 0 saturated carbocycles. The number of hydrogen-bond acceptors (Lipinski definition) is 3. The lowest BCUT2D eigenvalue weighted by Gasteiger charge is -2.39. The van der Waals surface area contributed by atoms with Gasteiger partial charge in [0.25, 0.3) is 0 Å². The molecule has 5 heteroatoms. The van der Waals surface area contributed by atoms with Crippen molar-refractivity contribution < 1.29 is 4.79 Å². The molecule has 134 valence electrons. The molecule has 0 aromatic heterocycles. The topological polar surface area (TPSA) is 35.6 Å². The van der Waals surface area contributed by atoms with Crippen molar-refractivity contribution in [2.75, 3.05) is 45.8 Å². The Bertz CT molecular complexity index is 365. The number of nitrogens with one attached hydrogen (secondary N) is 1. The van der Waals surface area contributed by atoms with E-state index in [0.717, 1.165) is 44.9 Å². The second-order valence-electron chi connectivity index (χ2n) is 7.80. The van der Waals surface area contributed by atoms with Crippen LogP contribution in [-0.2, 0) is 4.79 Å². The number of nitrogens with zero attached hydrogens (tertiary/aromatic N) is 2. The molecule has 3 heterocycles. The first-order chi connectivity index (χ1) is 10.7. The predicted octanol–water partition coefficient (Wildman–Crippen LogP) is 2.38. The molecule has 1 unspecified atom stereocenters. The van der Waals surface area contributed by atoms with E-state index in [1.54, 1.807) is 0 Å². The molecule has 3 fully saturated rings. The molecule has 0 spiro atoms. The summed E-state index contributed by atoms with van der Waals surface area (Å²) >= 11 is 0. The van der Waals surface area contributed by atoms with Gasteiger partial charge in [0.05, 0.1) is 0 Å². The fourth-order valence-corrected chi connectivity index (χ4v) is 4.35. The van der Waals surface area contributed by atoms with E-state index in [1.807, 2.05) is 0 Å². The fourth-order valence-electron chi connectivity index (χ4n) is 4.35. The number of rotatable bonds is 3. The van der Waals surface area contributed by atoms with Gasteiger partial charge >= 0.3 is 0 Å². The van der Waals surface area contributed by atoms with Gasteiger partial charge in [-0.3, -0.25) is 4.79 Å². The Morgan fingerprint density at radius 3 is 2.43 bits per heavy atom. The van der Waals surface area contributed by atoms with E-state index in [9.17, 15) is 4.79 Å². The number of halogens is 1. The van der Waals surface area contributed by atoms with Crippen LogP contribution in [0.4, 0.5) is 0 Å². The summed E-state index contributed by atoms with van der Waals surface area (Å²) in [7, 11) is 0. The van der Waals surface area contributed by atoms with E-state index in [-0.39, 0.29) is 18.3 Å². The molecule has 1 N–H and O–H groups in total. The highest BCUT2D eigenvalue weighted by atomic mass is 35.5. The standard InChI is InChI=1S/C18H33N3O.ClH/c1-15-6-11-20(12-7-15)13-16-3-2-10-21(14-16)18(22)17-4-8-19-9-5-17;/h15-17,19H,2-14H2,1H3;1H. The van der Waals surface area contributed by atoms with Gasteiger partial charge in [0.15, 0.2) is 0 Å². The molecule has 3 aliphatic heterocycles. The van der Waals surface area contributed by atoms with Gasteiger partial charge < -0.3 is 15.1 Å². The van der Waals surface area contributed by atoms with Crippen LogP contribution in [0.15, 0.2) is 0 Å². The zero-order valence-corrected chi connectivity index (χ0v) is 15.5. The summed E-state index contributed by atoms with van der Waals surface area (Å²) in [6, 6.07) is 0. The number of likely N-dealkylation sites (tertiary alicyclic amines) is 2. The van der Waals surface area contributed by atoms with E-state index in [1.165, 1.54) is 45.3 Å². The summed E-state index contributed by atoms with van der Waals surface area (Å²) in [5, 5.41) is 3.36. The molecule has 23 heavy (non-hydrogen) atoms. The summed E-state index contributed by atoms with van der Waals surface area (Å²) in [5.74, 6) is 2.34. The number of amides is 1. The smallest absolute Gasteiger partial charge is 0.225 e. The third-order valence-corrected chi connectivity index (χ3v) is 5.91. The van der Waals surface area contributed by atoms with E-state index in [4.69, 9.17) is 0 Å². The van der Waals surface area contributed by atoms with Gasteiger partial charge in [-0.05, 0) is 76.5 Å². The average molecular weight is 344 g/mol. The van der Waals surface area contributed by atoms with Gasteiger partial charge in [0.1, 0.15) is 0 Å². The summed E-state index contributed by atoms with van der Waals surface area (Å²) in [4.78, 5) is 17.6. The minimum atomic E-state index is 0. The van der Waals surface area contributed by atoms with Crippen LogP contribution >= 0.6 is 12.4 Å². The molecule has 3 saturated heterocycles. The van der Waals surface area contributed by atoms with E-state index in [2.05, 4.69) is 22.0 Å². The molecule has 0 radical (unpaired) electrons. The van der Waals surface area contributed by atoms with Crippen molar-refractivity contribution in [2.24, 2.45) is 17.8 Å². The lowest BCUT2D eigenvalue weighted by atomic mass is 9.91. The van der Waals surface area contributed by atoms with Gasteiger partial charge in [0, 0.05) is 25.6 Å². The molecule has 0 aromatic rings. The predicted molar refractivity (Wildman–Crippen MR) is 97.0 cm³/mol. The minimum Gasteiger partial charge on any atom is -0.342 e. The number of piperidine rings is 3. The van der Waals surface area contributed by atoms with E-state index >= 15 is 0 Å². The Hall–Kier alpha value is -0.320. The molecule has 3 aliphatic rings. The van der Waals surface area contributed by atoms with Gasteiger partial charge in [0.2, 0.25) is 5.91 Å². The third-order valence-electron chi connectivity index (χ3n) is 5.91. The first-order valence-electron chi connectivity index (χ1n) is 9.44. The van der Waals surface area contributed by atoms with Gasteiger partial charge in [-0.1, -0.05) is 6.92 Å². The van der Waals surface area contributed by atoms with Crippen molar-refractivity contribution in [1.82, 2.24) is 15.1 Å². The molecule has 0 aromatic carbocycles. The second kappa shape index (κ2) is 9.24. The van der Waals surface area contributed by atoms with Gasteiger partial charge in [-0.2, -0.15) is 0 Å². The third kappa shape index (κ3) is 5.33. The second-order valence-corrected chi connectivity index (χ2v) is 7.80. The Kier molecular flexibility index (Phi) is 7.64. The molecule has 1 amide bonds. The molecule has 1 atom stereocenters. The van der Waals surface area contributed by atoms with Gasteiger partial charge in [-0.25, -0.2) is 0 Å². The van der Waals surface area contributed by atoms with Crippen molar-refractivity contribution in [3.05, 3.63) is 0 Å². The molecular weight excluding hydrogens is 310 g/mol. The van der Waals surface area contributed by atoms with Crippen LogP contribution in [0.3, 0.4) is 0 Å². The van der Waals surface area contributed by atoms with Crippen LogP contribution in [-0.4, -0.2) is 61.5 Å². The van der Waals surface area contributed by atoms with Crippen LogP contribution in [0.25, 0.3) is 0 Å². The van der Waals surface area contributed by atoms with Gasteiger partial charge in [-0.15, -0.1) is 12.4 Å². The largest absolute Gasteiger partial charge is 0.342 e. The van der Waals surface area contributed by atoms with E-state index in [0.29, 0.717) is 11.8 Å². The normalized spacial score (nSPS) is 28.4. The van der Waals surface area contributed by atoms with E-state index < -0.39 is 0 Å². The number of carbonyl (C=O) groups is 1. The summed E-state index contributed by atoms with van der Waals surface area (Å²) in [6.45, 7) is 10.1. The Morgan fingerprint density at radius 2 is 1.74 bits per heavy atom. The van der Waals surface area contributed by atoms with Crippen LogP contribution in [0.2, 0.25) is 0 Å². The maximum Gasteiger partial charge on any atom is 0.225 e. The average Bonchev–Trinajstić information content (AvgIpc) is 2.57. The highest BCUT2D eigenvalue weighted by molar-refractivity contribution is 5.85. The maximum atomic E-state index is 12.7. The van der Waals surface area contributed by atoms with Crippen LogP contribution < -0.4 is 5.32 Å². The zero-order valence-electron chi connectivity index (χ0n) is 14.6. The number of hydrogen-bond donors (Lipinski definition) is 1. The first kappa shape index (κ1) is 19.0. The molecular formula is C18H34ClN3O. The minimum absolute atomic E-state index is 0. The van der Waals surface area contributed by atoms with Crippen molar-refractivity contribution in [3.63, 3.8) is 0 Å². The zero-order chi connectivity index (χ0) is 15.4. The Balaban J connectivity index is 0.00000192. The Labute approximate surface area is 147 Å². The Morgan fingerprint density at radius 1 is 1.04 bits per heavy atom.